The van der Waals surface area contributed by atoms with Crippen molar-refractivity contribution in [3.63, 3.8) is 0 Å². The van der Waals surface area contributed by atoms with Gasteiger partial charge in [-0.3, -0.25) is 9.78 Å². The Hall–Kier alpha value is -2.76. The summed E-state index contributed by atoms with van der Waals surface area (Å²) in [7, 11) is 0. The fraction of sp³-hybridized carbons (Fsp3) is 0.240. The molecule has 1 aliphatic heterocycles. The molecule has 1 saturated heterocycles. The molecule has 31 heavy (non-hydrogen) atoms. The van der Waals surface area contributed by atoms with Gasteiger partial charge in [-0.15, -0.1) is 11.3 Å². The van der Waals surface area contributed by atoms with Crippen molar-refractivity contribution in [1.82, 2.24) is 14.9 Å². The molecule has 1 fully saturated rings. The van der Waals surface area contributed by atoms with Crippen LogP contribution in [0.15, 0.2) is 60.8 Å². The Morgan fingerprint density at radius 2 is 1.94 bits per heavy atom. The van der Waals surface area contributed by atoms with Crippen LogP contribution >= 0.6 is 22.9 Å². The van der Waals surface area contributed by atoms with Crippen LogP contribution in [0.4, 0.5) is 0 Å². The van der Waals surface area contributed by atoms with Gasteiger partial charge in [-0.05, 0) is 73.7 Å². The van der Waals surface area contributed by atoms with Crippen LogP contribution in [0.25, 0.3) is 10.2 Å². The van der Waals surface area contributed by atoms with Crippen molar-refractivity contribution in [1.29, 1.82) is 0 Å². The summed E-state index contributed by atoms with van der Waals surface area (Å²) in [5.41, 5.74) is 4.98. The van der Waals surface area contributed by atoms with Crippen LogP contribution in [0, 0.1) is 6.92 Å². The number of carbonyl (C=O) groups excluding carboxylic acids is 1. The van der Waals surface area contributed by atoms with Crippen LogP contribution in [0.5, 0.6) is 0 Å². The largest absolute Gasteiger partial charge is 0.330 e. The number of pyridine rings is 1. The summed E-state index contributed by atoms with van der Waals surface area (Å²) in [6, 6.07) is 17.9. The number of hydrogen-bond acceptors (Lipinski definition) is 4. The molecule has 5 rings (SSSR count). The van der Waals surface area contributed by atoms with Gasteiger partial charge in [-0.1, -0.05) is 29.8 Å². The van der Waals surface area contributed by atoms with E-state index in [0.29, 0.717) is 0 Å². The number of halogens is 1. The Balaban J connectivity index is 1.34. The van der Waals surface area contributed by atoms with Crippen LogP contribution in [-0.2, 0) is 6.42 Å². The average molecular weight is 448 g/mol. The zero-order chi connectivity index (χ0) is 21.4. The lowest BCUT2D eigenvalue weighted by molar-refractivity contribution is 0.0733. The molecule has 4 nitrogen and oxygen atoms in total. The predicted octanol–water partition coefficient (Wildman–Crippen LogP) is 6.22. The topological polar surface area (TPSA) is 46.1 Å². The number of fused-ring (bicyclic) bond motifs is 1. The number of nitrogens with zero attached hydrogens (tertiary/aromatic N) is 3. The van der Waals surface area contributed by atoms with E-state index in [1.165, 1.54) is 5.56 Å². The van der Waals surface area contributed by atoms with Gasteiger partial charge in [0.15, 0.2) is 0 Å². The maximum absolute atomic E-state index is 13.3. The van der Waals surface area contributed by atoms with Gasteiger partial charge >= 0.3 is 0 Å². The zero-order valence-corrected chi connectivity index (χ0v) is 18.8. The molecule has 0 aliphatic carbocycles. The summed E-state index contributed by atoms with van der Waals surface area (Å²) in [6.45, 7) is 2.75. The maximum Gasteiger partial charge on any atom is 0.254 e. The molecule has 0 unspecified atom stereocenters. The Kier molecular flexibility index (Phi) is 5.47. The highest BCUT2D eigenvalue weighted by Crippen LogP contribution is 2.33. The third kappa shape index (κ3) is 4.21. The minimum Gasteiger partial charge on any atom is -0.330 e. The fourth-order valence-corrected chi connectivity index (χ4v) is 5.22. The Bertz CT molecular complexity index is 1230. The van der Waals surface area contributed by atoms with Gasteiger partial charge in [0.05, 0.1) is 27.0 Å². The van der Waals surface area contributed by atoms with Crippen molar-refractivity contribution in [2.45, 2.75) is 32.2 Å². The predicted molar refractivity (Wildman–Crippen MR) is 126 cm³/mol. The molecular weight excluding hydrogens is 426 g/mol. The lowest BCUT2D eigenvalue weighted by Gasteiger charge is -2.24. The van der Waals surface area contributed by atoms with E-state index >= 15 is 0 Å². The summed E-state index contributed by atoms with van der Waals surface area (Å²) in [5.74, 6) is 0.0718. The molecule has 0 saturated carbocycles. The number of thiazole rings is 1. The Labute approximate surface area is 190 Å². The first-order chi connectivity index (χ1) is 15.1. The van der Waals surface area contributed by atoms with Crippen LogP contribution in [0.2, 0.25) is 5.02 Å². The number of rotatable bonds is 4. The summed E-state index contributed by atoms with van der Waals surface area (Å²) < 4.78 is 1.06. The van der Waals surface area contributed by atoms with E-state index in [1.54, 1.807) is 11.3 Å². The van der Waals surface area contributed by atoms with Gasteiger partial charge in [0.25, 0.3) is 5.91 Å². The van der Waals surface area contributed by atoms with E-state index in [4.69, 9.17) is 16.6 Å². The van der Waals surface area contributed by atoms with E-state index in [9.17, 15) is 4.79 Å². The SMILES string of the molecule is Cc1nc2ccc(C(=O)N3CCC[C@@H]3c3ccc(Cc4ccc(Cl)cc4)cn3)cc2s1. The second-order valence-electron chi connectivity index (χ2n) is 7.97. The van der Waals surface area contributed by atoms with Crippen LogP contribution in [0.1, 0.15) is 51.1 Å². The molecule has 1 amide bonds. The van der Waals surface area contributed by atoms with Gasteiger partial charge in [0.2, 0.25) is 0 Å². The minimum atomic E-state index is 0.0241. The van der Waals surface area contributed by atoms with E-state index in [0.717, 1.165) is 62.9 Å². The first-order valence-electron chi connectivity index (χ1n) is 10.4. The zero-order valence-electron chi connectivity index (χ0n) is 17.2. The quantitative estimate of drug-likeness (QED) is 0.373. The summed E-state index contributed by atoms with van der Waals surface area (Å²) in [5, 5.41) is 1.76. The molecule has 0 spiro atoms. The second kappa shape index (κ2) is 8.40. The maximum atomic E-state index is 13.3. The van der Waals surface area contributed by atoms with Gasteiger partial charge in [-0.25, -0.2) is 4.98 Å². The average Bonchev–Trinajstić information content (AvgIpc) is 3.41. The van der Waals surface area contributed by atoms with Crippen molar-refractivity contribution in [3.8, 4) is 0 Å². The third-order valence-corrected chi connectivity index (χ3v) is 6.95. The fourth-order valence-electron chi connectivity index (χ4n) is 4.23. The normalized spacial score (nSPS) is 16.2. The third-order valence-electron chi connectivity index (χ3n) is 5.77. The molecule has 3 heterocycles. The smallest absolute Gasteiger partial charge is 0.254 e. The van der Waals surface area contributed by atoms with Crippen LogP contribution in [0.3, 0.4) is 0 Å². The number of aryl methyl sites for hydroxylation is 1. The van der Waals surface area contributed by atoms with E-state index < -0.39 is 0 Å². The highest BCUT2D eigenvalue weighted by Gasteiger charge is 2.31. The van der Waals surface area contributed by atoms with Crippen molar-refractivity contribution in [2.24, 2.45) is 0 Å². The molecule has 2 aromatic carbocycles. The first-order valence-corrected chi connectivity index (χ1v) is 11.6. The van der Waals surface area contributed by atoms with Crippen LogP contribution < -0.4 is 0 Å². The Morgan fingerprint density at radius 1 is 1.13 bits per heavy atom. The summed E-state index contributed by atoms with van der Waals surface area (Å²) in [4.78, 5) is 24.5. The number of likely N-dealkylation sites (tertiary alicyclic amines) is 1. The van der Waals surface area contributed by atoms with Crippen molar-refractivity contribution >= 4 is 39.1 Å². The van der Waals surface area contributed by atoms with Gasteiger partial charge in [-0.2, -0.15) is 0 Å². The number of amides is 1. The monoisotopic (exact) mass is 447 g/mol. The standard InChI is InChI=1S/C25H22ClN3OS/c1-16-28-22-11-7-19(14-24(22)31-16)25(30)29-12-2-3-23(29)21-10-6-18(15-27-21)13-17-4-8-20(26)9-5-17/h4-11,14-15,23H,2-3,12-13H2,1H3/t23-/m1/s1. The number of aromatic nitrogens is 2. The lowest BCUT2D eigenvalue weighted by Crippen LogP contribution is -2.31. The van der Waals surface area contributed by atoms with E-state index in [-0.39, 0.29) is 11.9 Å². The first kappa shape index (κ1) is 20.2. The van der Waals surface area contributed by atoms with Gasteiger partial charge < -0.3 is 4.90 Å². The molecule has 0 N–H and O–H groups in total. The molecule has 0 bridgehead atoms. The molecular formula is C25H22ClN3OS. The van der Waals surface area contributed by atoms with Crippen molar-refractivity contribution < 1.29 is 4.79 Å². The van der Waals surface area contributed by atoms with Crippen molar-refractivity contribution in [2.75, 3.05) is 6.54 Å². The van der Waals surface area contributed by atoms with E-state index in [1.807, 2.05) is 60.5 Å². The summed E-state index contributed by atoms with van der Waals surface area (Å²) >= 11 is 7.60. The molecule has 6 heteroatoms. The highest BCUT2D eigenvalue weighted by atomic mass is 35.5. The molecule has 156 valence electrons. The minimum absolute atomic E-state index is 0.0241. The molecule has 0 radical (unpaired) electrons. The second-order valence-corrected chi connectivity index (χ2v) is 9.64. The molecule has 4 aromatic rings. The lowest BCUT2D eigenvalue weighted by atomic mass is 10.0. The van der Waals surface area contributed by atoms with Crippen molar-refractivity contribution in [3.05, 3.63) is 93.2 Å². The van der Waals surface area contributed by atoms with Crippen LogP contribution in [-0.4, -0.2) is 27.3 Å². The number of carbonyl (C=O) groups is 1. The van der Waals surface area contributed by atoms with E-state index in [2.05, 4.69) is 17.1 Å². The van der Waals surface area contributed by atoms with Gasteiger partial charge in [0, 0.05) is 23.3 Å². The Morgan fingerprint density at radius 3 is 2.71 bits per heavy atom. The number of benzene rings is 2. The molecule has 2 aromatic heterocycles. The highest BCUT2D eigenvalue weighted by molar-refractivity contribution is 7.18. The number of hydrogen-bond donors (Lipinski definition) is 0. The molecule has 1 aliphatic rings. The molecule has 1 atom stereocenters. The summed E-state index contributed by atoms with van der Waals surface area (Å²) in [6.07, 6.45) is 4.67. The van der Waals surface area contributed by atoms with Gasteiger partial charge in [0.1, 0.15) is 0 Å².